The largest absolute Gasteiger partial charge is 0.416 e. The Bertz CT molecular complexity index is 827. The quantitative estimate of drug-likeness (QED) is 0.808. The predicted molar refractivity (Wildman–Crippen MR) is 81.8 cm³/mol. The van der Waals surface area contributed by atoms with Crippen LogP contribution in [-0.2, 0) is 22.6 Å². The third-order valence-electron chi connectivity index (χ3n) is 3.99. The second kappa shape index (κ2) is 5.61. The van der Waals surface area contributed by atoms with Gasteiger partial charge in [0, 0.05) is 17.5 Å². The van der Waals surface area contributed by atoms with Gasteiger partial charge in [0.15, 0.2) is 0 Å². The molecule has 23 heavy (non-hydrogen) atoms. The predicted octanol–water partition coefficient (Wildman–Crippen LogP) is 4.07. The first-order valence-corrected chi connectivity index (χ1v) is 9.28. The van der Waals surface area contributed by atoms with E-state index in [1.165, 1.54) is 10.4 Å². The molecule has 0 aliphatic carbocycles. The van der Waals surface area contributed by atoms with Gasteiger partial charge in [0.25, 0.3) is 0 Å². The molecule has 1 aliphatic heterocycles. The molecule has 1 atom stereocenters. The van der Waals surface area contributed by atoms with Crippen LogP contribution in [0.3, 0.4) is 0 Å². The summed E-state index contributed by atoms with van der Waals surface area (Å²) in [4.78, 5) is 0.811. The number of fused-ring (bicyclic) bond motifs is 1. The molecule has 0 bridgehead atoms. The second-order valence-electron chi connectivity index (χ2n) is 5.37. The van der Waals surface area contributed by atoms with Crippen LogP contribution in [0.4, 0.5) is 13.2 Å². The zero-order chi connectivity index (χ0) is 16.8. The van der Waals surface area contributed by atoms with Crippen molar-refractivity contribution in [2.45, 2.75) is 30.5 Å². The molecule has 124 valence electrons. The number of sulfonamides is 1. The van der Waals surface area contributed by atoms with Crippen molar-refractivity contribution in [3.05, 3.63) is 51.7 Å². The zero-order valence-corrected chi connectivity index (χ0v) is 13.8. The van der Waals surface area contributed by atoms with Crippen LogP contribution < -0.4 is 0 Å². The summed E-state index contributed by atoms with van der Waals surface area (Å²) in [5, 5.41) is 1.90. The molecule has 0 saturated heterocycles. The maximum Gasteiger partial charge on any atom is 0.416 e. The number of rotatable bonds is 2. The average Bonchev–Trinajstić information content (AvgIpc) is 2.96. The Morgan fingerprint density at radius 3 is 2.70 bits per heavy atom. The highest BCUT2D eigenvalue weighted by molar-refractivity contribution is 7.89. The van der Waals surface area contributed by atoms with Gasteiger partial charge in [-0.25, -0.2) is 8.42 Å². The Morgan fingerprint density at radius 1 is 1.26 bits per heavy atom. The number of alkyl halides is 3. The Labute approximate surface area is 136 Å². The van der Waals surface area contributed by atoms with Crippen LogP contribution in [-0.4, -0.2) is 19.3 Å². The summed E-state index contributed by atoms with van der Waals surface area (Å²) in [5.41, 5.74) is -0.0312. The van der Waals surface area contributed by atoms with E-state index < -0.39 is 21.8 Å². The first-order chi connectivity index (χ1) is 10.7. The Balaban J connectivity index is 2.00. The van der Waals surface area contributed by atoms with Crippen molar-refractivity contribution < 1.29 is 21.6 Å². The molecule has 1 aromatic carbocycles. The van der Waals surface area contributed by atoms with Crippen molar-refractivity contribution in [3.8, 4) is 0 Å². The normalized spacial score (nSPS) is 19.6. The highest BCUT2D eigenvalue weighted by Gasteiger charge is 2.36. The Hall–Kier alpha value is -1.38. The summed E-state index contributed by atoms with van der Waals surface area (Å²) >= 11 is 1.57. The van der Waals surface area contributed by atoms with E-state index in [1.807, 2.05) is 11.4 Å². The summed E-state index contributed by atoms with van der Waals surface area (Å²) in [5.74, 6) is 0. The molecule has 2 aromatic rings. The van der Waals surface area contributed by atoms with Crippen molar-refractivity contribution in [2.24, 2.45) is 0 Å². The van der Waals surface area contributed by atoms with E-state index in [1.54, 1.807) is 18.3 Å². The van der Waals surface area contributed by atoms with Gasteiger partial charge in [0.05, 0.1) is 10.5 Å². The van der Waals surface area contributed by atoms with E-state index in [2.05, 4.69) is 0 Å². The number of hydrogen-bond acceptors (Lipinski definition) is 3. The molecular formula is C15H14F3NO2S2. The van der Waals surface area contributed by atoms with Gasteiger partial charge in [0.1, 0.15) is 0 Å². The van der Waals surface area contributed by atoms with E-state index in [0.717, 1.165) is 22.6 Å². The minimum absolute atomic E-state index is 0.271. The third-order valence-corrected chi connectivity index (χ3v) is 6.95. The van der Waals surface area contributed by atoms with Crippen LogP contribution in [0.5, 0.6) is 0 Å². The van der Waals surface area contributed by atoms with Crippen molar-refractivity contribution >= 4 is 21.4 Å². The molecule has 0 amide bonds. The number of halogens is 3. The number of benzene rings is 1. The topological polar surface area (TPSA) is 37.4 Å². The first-order valence-electron chi connectivity index (χ1n) is 6.96. The Kier molecular flexibility index (Phi) is 4.02. The number of nitrogens with zero attached hydrogens (tertiary/aromatic N) is 1. The molecule has 0 fully saturated rings. The van der Waals surface area contributed by atoms with E-state index in [-0.39, 0.29) is 17.5 Å². The number of hydrogen-bond donors (Lipinski definition) is 0. The molecule has 3 nitrogen and oxygen atoms in total. The van der Waals surface area contributed by atoms with Gasteiger partial charge in [0.2, 0.25) is 10.0 Å². The summed E-state index contributed by atoms with van der Waals surface area (Å²) in [6, 6.07) is 5.39. The molecule has 0 N–H and O–H groups in total. The molecule has 0 radical (unpaired) electrons. The molecule has 1 unspecified atom stereocenters. The lowest BCUT2D eigenvalue weighted by molar-refractivity contribution is -0.137. The van der Waals surface area contributed by atoms with Crippen molar-refractivity contribution in [2.75, 3.05) is 6.54 Å². The molecule has 2 heterocycles. The lowest BCUT2D eigenvalue weighted by Gasteiger charge is -2.32. The van der Waals surface area contributed by atoms with E-state index >= 15 is 0 Å². The fourth-order valence-corrected chi connectivity index (χ4v) is 5.40. The van der Waals surface area contributed by atoms with Crippen LogP contribution in [0.2, 0.25) is 0 Å². The smallest absolute Gasteiger partial charge is 0.207 e. The molecule has 0 spiro atoms. The van der Waals surface area contributed by atoms with Crippen molar-refractivity contribution in [1.82, 2.24) is 4.31 Å². The summed E-state index contributed by atoms with van der Waals surface area (Å²) in [6.45, 7) is 2.03. The van der Waals surface area contributed by atoms with Gasteiger partial charge < -0.3 is 0 Å². The highest BCUT2D eigenvalue weighted by Crippen LogP contribution is 2.37. The Morgan fingerprint density at radius 2 is 2.00 bits per heavy atom. The van der Waals surface area contributed by atoms with Gasteiger partial charge >= 0.3 is 6.18 Å². The van der Waals surface area contributed by atoms with Crippen LogP contribution in [0.1, 0.15) is 29.0 Å². The molecule has 0 saturated carbocycles. The molecule has 3 rings (SSSR count). The molecular weight excluding hydrogens is 347 g/mol. The molecule has 8 heteroatoms. The molecule has 1 aromatic heterocycles. The average molecular weight is 361 g/mol. The second-order valence-corrected chi connectivity index (χ2v) is 8.26. The van der Waals surface area contributed by atoms with Crippen molar-refractivity contribution in [3.63, 3.8) is 0 Å². The van der Waals surface area contributed by atoms with Crippen molar-refractivity contribution in [1.29, 1.82) is 0 Å². The van der Waals surface area contributed by atoms with Crippen LogP contribution >= 0.6 is 11.3 Å². The standard InChI is InChI=1S/C15H14F3NO2S2/c1-10-13-6-8-22-14(13)5-7-19(10)23(20,21)12-4-2-3-11(9-12)15(16,17)18/h2-4,6,8-10H,5,7H2,1H3. The number of thiophene rings is 1. The zero-order valence-electron chi connectivity index (χ0n) is 12.2. The van der Waals surface area contributed by atoms with Gasteiger partial charge in [-0.1, -0.05) is 6.07 Å². The SMILES string of the molecule is CC1c2ccsc2CCN1S(=O)(=O)c1cccc(C(F)(F)F)c1. The maximum absolute atomic E-state index is 12.8. The van der Waals surface area contributed by atoms with E-state index in [4.69, 9.17) is 0 Å². The summed E-state index contributed by atoms with van der Waals surface area (Å²) in [6.07, 6.45) is -3.99. The maximum atomic E-state index is 12.8. The summed E-state index contributed by atoms with van der Waals surface area (Å²) in [7, 11) is -3.98. The minimum Gasteiger partial charge on any atom is -0.207 e. The monoisotopic (exact) mass is 361 g/mol. The van der Waals surface area contributed by atoms with Crippen LogP contribution in [0.25, 0.3) is 0 Å². The minimum atomic E-state index is -4.57. The van der Waals surface area contributed by atoms with Gasteiger partial charge in [-0.15, -0.1) is 11.3 Å². The van der Waals surface area contributed by atoms with E-state index in [9.17, 15) is 21.6 Å². The highest BCUT2D eigenvalue weighted by atomic mass is 32.2. The van der Waals surface area contributed by atoms with Crippen LogP contribution in [0.15, 0.2) is 40.6 Å². The fraction of sp³-hybridized carbons (Fsp3) is 0.333. The van der Waals surface area contributed by atoms with Gasteiger partial charge in [-0.05, 0) is 48.6 Å². The summed E-state index contributed by atoms with van der Waals surface area (Å²) < 4.78 is 65.3. The first kappa shape index (κ1) is 16.5. The van der Waals surface area contributed by atoms with Gasteiger partial charge in [-0.3, -0.25) is 0 Å². The fourth-order valence-electron chi connectivity index (χ4n) is 2.78. The van der Waals surface area contributed by atoms with E-state index in [0.29, 0.717) is 12.5 Å². The lowest BCUT2D eigenvalue weighted by Crippen LogP contribution is -2.38. The molecule has 1 aliphatic rings. The van der Waals surface area contributed by atoms with Crippen LogP contribution in [0, 0.1) is 0 Å². The third kappa shape index (κ3) is 2.90. The lowest BCUT2D eigenvalue weighted by atomic mass is 10.0. The van der Waals surface area contributed by atoms with Gasteiger partial charge in [-0.2, -0.15) is 17.5 Å².